The highest BCUT2D eigenvalue weighted by molar-refractivity contribution is 5.99. The van der Waals surface area contributed by atoms with Gasteiger partial charge in [0.2, 0.25) is 0 Å². The second-order valence-corrected chi connectivity index (χ2v) is 6.94. The van der Waals surface area contributed by atoms with Crippen molar-refractivity contribution in [2.45, 2.75) is 38.6 Å². The minimum atomic E-state index is -0.649. The predicted molar refractivity (Wildman–Crippen MR) is 108 cm³/mol. The maximum Gasteiger partial charge on any atom is 0.258 e. The number of nitrogens with two attached hydrogens (primary N) is 1. The number of H-pyrrole nitrogens is 1. The first-order valence-corrected chi connectivity index (χ1v) is 9.64. The maximum atomic E-state index is 12.1. The molecule has 160 valence electrons. The smallest absolute Gasteiger partial charge is 0.258 e. The maximum absolute atomic E-state index is 12.1. The van der Waals surface area contributed by atoms with Gasteiger partial charge in [0.25, 0.3) is 5.91 Å². The van der Waals surface area contributed by atoms with E-state index in [-0.39, 0.29) is 17.9 Å². The van der Waals surface area contributed by atoms with Crippen LogP contribution < -0.4 is 11.1 Å². The molecule has 30 heavy (non-hydrogen) atoms. The molecule has 0 radical (unpaired) electrons. The summed E-state index contributed by atoms with van der Waals surface area (Å²) in [5.74, 6) is -1.53. The zero-order valence-corrected chi connectivity index (χ0v) is 16.4. The van der Waals surface area contributed by atoms with Gasteiger partial charge in [-0.3, -0.25) is 9.48 Å². The average molecular weight is 415 g/mol. The molecule has 1 amide bonds. The molecule has 0 atom stereocenters. The van der Waals surface area contributed by atoms with E-state index in [2.05, 4.69) is 25.6 Å². The van der Waals surface area contributed by atoms with Crippen molar-refractivity contribution in [3.8, 4) is 17.2 Å². The van der Waals surface area contributed by atoms with Crippen molar-refractivity contribution in [3.05, 3.63) is 41.5 Å². The number of nitrogens with zero attached hydrogens (tertiary/aromatic N) is 4. The van der Waals surface area contributed by atoms with Crippen LogP contribution in [0.15, 0.2) is 24.5 Å². The molecule has 0 aliphatic rings. The van der Waals surface area contributed by atoms with Crippen molar-refractivity contribution in [1.29, 1.82) is 0 Å². The second-order valence-electron chi connectivity index (χ2n) is 6.94. The van der Waals surface area contributed by atoms with E-state index in [0.29, 0.717) is 12.5 Å². The Kier molecular flexibility index (Phi) is 6.73. The topological polar surface area (TPSA) is 175 Å². The van der Waals surface area contributed by atoms with Crippen molar-refractivity contribution < 1.29 is 20.1 Å². The summed E-state index contributed by atoms with van der Waals surface area (Å²) in [5, 5.41) is 39.5. The Labute approximate surface area is 172 Å². The molecule has 2 aromatic heterocycles. The lowest BCUT2D eigenvalue weighted by atomic mass is 10.1. The number of aryl methyl sites for hydroxylation is 2. The summed E-state index contributed by atoms with van der Waals surface area (Å²) < 4.78 is 1.62. The molecular formula is C19H25N7O4. The SMILES string of the molecule is Nc1ncc(CCCCCc2cn(CCNC(=O)c3c(O)cc(O)cc3O)nn2)[nH]1. The summed E-state index contributed by atoms with van der Waals surface area (Å²) in [4.78, 5) is 19.1. The van der Waals surface area contributed by atoms with Crippen molar-refractivity contribution in [3.63, 3.8) is 0 Å². The number of phenolic OH excluding ortho intramolecular Hbond substituents is 3. The highest BCUT2D eigenvalue weighted by Gasteiger charge is 2.17. The first-order chi connectivity index (χ1) is 14.4. The van der Waals surface area contributed by atoms with Gasteiger partial charge in [-0.2, -0.15) is 0 Å². The molecule has 11 heteroatoms. The van der Waals surface area contributed by atoms with Crippen LogP contribution in [0.2, 0.25) is 0 Å². The Morgan fingerprint density at radius 3 is 2.57 bits per heavy atom. The first kappa shape index (κ1) is 21.0. The Hall–Kier alpha value is -3.76. The minimum Gasteiger partial charge on any atom is -0.508 e. The number of imidazole rings is 1. The van der Waals surface area contributed by atoms with Crippen LogP contribution in [-0.2, 0) is 19.4 Å². The number of benzene rings is 1. The lowest BCUT2D eigenvalue weighted by Gasteiger charge is -2.09. The van der Waals surface area contributed by atoms with Gasteiger partial charge in [0.05, 0.1) is 18.4 Å². The Balaban J connectivity index is 1.37. The van der Waals surface area contributed by atoms with E-state index < -0.39 is 17.4 Å². The van der Waals surface area contributed by atoms with Crippen LogP contribution in [0.1, 0.15) is 41.0 Å². The lowest BCUT2D eigenvalue weighted by Crippen LogP contribution is -2.27. The van der Waals surface area contributed by atoms with Gasteiger partial charge >= 0.3 is 0 Å². The summed E-state index contributed by atoms with van der Waals surface area (Å²) >= 11 is 0. The predicted octanol–water partition coefficient (Wildman–Crippen LogP) is 1.09. The number of rotatable bonds is 10. The number of aromatic hydroxyl groups is 3. The number of hydrogen-bond donors (Lipinski definition) is 6. The fourth-order valence-electron chi connectivity index (χ4n) is 3.07. The van der Waals surface area contributed by atoms with E-state index in [0.717, 1.165) is 55.6 Å². The van der Waals surface area contributed by atoms with E-state index >= 15 is 0 Å². The van der Waals surface area contributed by atoms with Gasteiger partial charge < -0.3 is 31.4 Å². The number of hydrogen-bond acceptors (Lipinski definition) is 8. The molecular weight excluding hydrogens is 390 g/mol. The van der Waals surface area contributed by atoms with Gasteiger partial charge in [-0.05, 0) is 25.7 Å². The molecule has 0 bridgehead atoms. The molecule has 0 aliphatic heterocycles. The normalized spacial score (nSPS) is 10.9. The minimum absolute atomic E-state index is 0.231. The van der Waals surface area contributed by atoms with Gasteiger partial charge in [-0.15, -0.1) is 5.10 Å². The van der Waals surface area contributed by atoms with Gasteiger partial charge in [0.15, 0.2) is 5.95 Å². The largest absolute Gasteiger partial charge is 0.508 e. The summed E-state index contributed by atoms with van der Waals surface area (Å²) in [6, 6.07) is 1.98. The van der Waals surface area contributed by atoms with Gasteiger partial charge in [-0.1, -0.05) is 11.6 Å². The van der Waals surface area contributed by atoms with E-state index in [1.54, 1.807) is 10.9 Å². The Bertz CT molecular complexity index is 975. The number of anilines is 1. The number of phenols is 3. The van der Waals surface area contributed by atoms with Gasteiger partial charge in [0, 0.05) is 30.6 Å². The van der Waals surface area contributed by atoms with Crippen molar-refractivity contribution in [1.82, 2.24) is 30.3 Å². The zero-order valence-electron chi connectivity index (χ0n) is 16.4. The molecule has 3 aromatic rings. The number of unbranched alkanes of at least 4 members (excludes halogenated alkanes) is 2. The standard InChI is InChI=1S/C19H25N7O4/c20-19-22-10-12(23-19)4-2-1-3-5-13-11-26(25-24-13)7-6-21-18(30)17-15(28)8-14(27)9-16(17)29/h8-11,27-29H,1-7H2,(H,21,30)(H3,20,22,23). The molecule has 0 saturated heterocycles. The molecule has 0 saturated carbocycles. The molecule has 7 N–H and O–H groups in total. The summed E-state index contributed by atoms with van der Waals surface area (Å²) in [7, 11) is 0. The average Bonchev–Trinajstić information content (AvgIpc) is 3.29. The van der Waals surface area contributed by atoms with Crippen LogP contribution >= 0.6 is 0 Å². The molecule has 0 unspecified atom stereocenters. The molecule has 2 heterocycles. The van der Waals surface area contributed by atoms with Crippen LogP contribution in [0.4, 0.5) is 5.95 Å². The molecule has 0 spiro atoms. The van der Waals surface area contributed by atoms with E-state index in [1.807, 2.05) is 6.20 Å². The number of aromatic nitrogens is 5. The van der Waals surface area contributed by atoms with E-state index in [9.17, 15) is 20.1 Å². The molecule has 0 fully saturated rings. The van der Waals surface area contributed by atoms with Crippen LogP contribution in [-0.4, -0.2) is 52.7 Å². The summed E-state index contributed by atoms with van der Waals surface area (Å²) in [6.45, 7) is 0.619. The highest BCUT2D eigenvalue weighted by atomic mass is 16.3. The third-order valence-corrected chi connectivity index (χ3v) is 4.55. The monoisotopic (exact) mass is 415 g/mol. The van der Waals surface area contributed by atoms with E-state index in [4.69, 9.17) is 5.73 Å². The quantitative estimate of drug-likeness (QED) is 0.267. The van der Waals surface area contributed by atoms with Crippen molar-refractivity contribution in [2.75, 3.05) is 12.3 Å². The number of carbonyl (C=O) groups is 1. The third-order valence-electron chi connectivity index (χ3n) is 4.55. The second kappa shape index (κ2) is 9.63. The van der Waals surface area contributed by atoms with Gasteiger partial charge in [0.1, 0.15) is 22.8 Å². The van der Waals surface area contributed by atoms with Crippen LogP contribution in [0.3, 0.4) is 0 Å². The van der Waals surface area contributed by atoms with Crippen molar-refractivity contribution in [2.24, 2.45) is 0 Å². The van der Waals surface area contributed by atoms with Crippen molar-refractivity contribution >= 4 is 11.9 Å². The van der Waals surface area contributed by atoms with E-state index in [1.165, 1.54) is 0 Å². The number of nitrogens with one attached hydrogen (secondary N) is 2. The summed E-state index contributed by atoms with van der Waals surface area (Å²) in [5.41, 5.74) is 7.17. The van der Waals surface area contributed by atoms with Crippen LogP contribution in [0.25, 0.3) is 0 Å². The number of aromatic amines is 1. The van der Waals surface area contributed by atoms with Gasteiger partial charge in [-0.25, -0.2) is 4.98 Å². The third kappa shape index (κ3) is 5.63. The molecule has 1 aromatic carbocycles. The fourth-order valence-corrected chi connectivity index (χ4v) is 3.07. The number of nitrogen functional groups attached to an aromatic ring is 1. The molecule has 3 rings (SSSR count). The first-order valence-electron chi connectivity index (χ1n) is 9.64. The zero-order chi connectivity index (χ0) is 21.5. The highest BCUT2D eigenvalue weighted by Crippen LogP contribution is 2.31. The van der Waals surface area contributed by atoms with Crippen LogP contribution in [0.5, 0.6) is 17.2 Å². The number of carbonyl (C=O) groups excluding carboxylic acids is 1. The lowest BCUT2D eigenvalue weighted by molar-refractivity contribution is 0.0946. The Morgan fingerprint density at radius 2 is 1.87 bits per heavy atom. The van der Waals surface area contributed by atoms with Crippen LogP contribution in [0, 0.1) is 0 Å². The number of amides is 1. The summed E-state index contributed by atoms with van der Waals surface area (Å²) in [6.07, 6.45) is 8.36. The Morgan fingerprint density at radius 1 is 1.13 bits per heavy atom. The molecule has 0 aliphatic carbocycles. The fraction of sp³-hybridized carbons (Fsp3) is 0.368. The molecule has 11 nitrogen and oxygen atoms in total.